The number of hydrogen-bond acceptors (Lipinski definition) is 2. The quantitative estimate of drug-likeness (QED) is 0.793. The van der Waals surface area contributed by atoms with Gasteiger partial charge in [-0.15, -0.1) is 0 Å². The third-order valence-corrected chi connectivity index (χ3v) is 1.98. The van der Waals surface area contributed by atoms with Crippen molar-refractivity contribution in [2.75, 3.05) is 13.7 Å². The smallest absolute Gasteiger partial charge is 0.126 e. The molecule has 0 atom stereocenters. The summed E-state index contributed by atoms with van der Waals surface area (Å²) in [5.41, 5.74) is 2.23. The van der Waals surface area contributed by atoms with E-state index in [1.165, 1.54) is 5.56 Å². The molecular weight excluding hydrogens is 176 g/mol. The molecule has 0 radical (unpaired) electrons. The Hall–Kier alpha value is -1.28. The summed E-state index contributed by atoms with van der Waals surface area (Å²) in [5.74, 6) is 0.874. The molecule has 0 saturated carbocycles. The van der Waals surface area contributed by atoms with Gasteiger partial charge in [0, 0.05) is 12.2 Å². The zero-order valence-electron chi connectivity index (χ0n) is 8.66. The van der Waals surface area contributed by atoms with Gasteiger partial charge in [-0.1, -0.05) is 24.3 Å². The van der Waals surface area contributed by atoms with Gasteiger partial charge in [0.1, 0.15) is 5.75 Å². The third-order valence-electron chi connectivity index (χ3n) is 1.98. The van der Waals surface area contributed by atoms with Gasteiger partial charge >= 0.3 is 0 Å². The minimum absolute atomic E-state index is 0.185. The SMILES string of the molecule is COc1cc(C)ccc1C=CCCO. The molecule has 2 nitrogen and oxygen atoms in total. The summed E-state index contributed by atoms with van der Waals surface area (Å²) >= 11 is 0. The second kappa shape index (κ2) is 5.45. The van der Waals surface area contributed by atoms with Gasteiger partial charge in [0.15, 0.2) is 0 Å². The summed E-state index contributed by atoms with van der Waals surface area (Å²) in [6.07, 6.45) is 4.58. The number of hydrogen-bond donors (Lipinski definition) is 1. The topological polar surface area (TPSA) is 29.5 Å². The highest BCUT2D eigenvalue weighted by Gasteiger charge is 1.98. The minimum atomic E-state index is 0.185. The third kappa shape index (κ3) is 2.89. The molecule has 0 bridgehead atoms. The molecule has 76 valence electrons. The fourth-order valence-electron chi connectivity index (χ4n) is 1.24. The van der Waals surface area contributed by atoms with Crippen LogP contribution in [-0.4, -0.2) is 18.8 Å². The van der Waals surface area contributed by atoms with E-state index in [0.29, 0.717) is 6.42 Å². The lowest BCUT2D eigenvalue weighted by molar-refractivity contribution is 0.303. The maximum atomic E-state index is 8.63. The van der Waals surface area contributed by atoms with E-state index in [1.807, 2.05) is 37.3 Å². The maximum Gasteiger partial charge on any atom is 0.126 e. The highest BCUT2D eigenvalue weighted by Crippen LogP contribution is 2.21. The van der Waals surface area contributed by atoms with E-state index in [0.717, 1.165) is 11.3 Å². The predicted octanol–water partition coefficient (Wildman–Crippen LogP) is 2.40. The van der Waals surface area contributed by atoms with E-state index >= 15 is 0 Å². The van der Waals surface area contributed by atoms with Gasteiger partial charge in [0.25, 0.3) is 0 Å². The number of benzene rings is 1. The van der Waals surface area contributed by atoms with Crippen molar-refractivity contribution in [1.82, 2.24) is 0 Å². The molecule has 14 heavy (non-hydrogen) atoms. The predicted molar refractivity (Wildman–Crippen MR) is 58.5 cm³/mol. The standard InChI is InChI=1S/C12H16O2/c1-10-6-7-11(5-3-4-8-13)12(9-10)14-2/h3,5-7,9,13H,4,8H2,1-2H3. The molecule has 1 aromatic rings. The van der Waals surface area contributed by atoms with Gasteiger partial charge < -0.3 is 9.84 Å². The van der Waals surface area contributed by atoms with Crippen LogP contribution >= 0.6 is 0 Å². The van der Waals surface area contributed by atoms with E-state index in [9.17, 15) is 0 Å². The Morgan fingerprint density at radius 2 is 2.21 bits per heavy atom. The molecule has 1 rings (SSSR count). The van der Waals surface area contributed by atoms with Crippen LogP contribution < -0.4 is 4.74 Å². The number of ether oxygens (including phenoxy) is 1. The molecule has 0 spiro atoms. The molecule has 1 aromatic carbocycles. The summed E-state index contributed by atoms with van der Waals surface area (Å²) in [6, 6.07) is 6.06. The normalized spacial score (nSPS) is 10.8. The van der Waals surface area contributed by atoms with Gasteiger partial charge in [-0.3, -0.25) is 0 Å². The second-order valence-corrected chi connectivity index (χ2v) is 3.16. The Morgan fingerprint density at radius 3 is 2.86 bits per heavy atom. The van der Waals surface area contributed by atoms with Crippen molar-refractivity contribution in [3.05, 3.63) is 35.4 Å². The van der Waals surface area contributed by atoms with Crippen LogP contribution in [0.4, 0.5) is 0 Å². The summed E-state index contributed by atoms with van der Waals surface area (Å²) in [7, 11) is 1.66. The highest BCUT2D eigenvalue weighted by atomic mass is 16.5. The van der Waals surface area contributed by atoms with Gasteiger partial charge in [-0.25, -0.2) is 0 Å². The molecule has 0 saturated heterocycles. The first-order chi connectivity index (χ1) is 6.77. The molecular formula is C12H16O2. The molecule has 0 aromatic heterocycles. The van der Waals surface area contributed by atoms with Crippen LogP contribution in [0.15, 0.2) is 24.3 Å². The zero-order chi connectivity index (χ0) is 10.4. The minimum Gasteiger partial charge on any atom is -0.496 e. The van der Waals surface area contributed by atoms with Crippen LogP contribution in [0.1, 0.15) is 17.5 Å². The molecule has 0 aliphatic carbocycles. The van der Waals surface area contributed by atoms with E-state index in [4.69, 9.17) is 9.84 Å². The molecule has 0 unspecified atom stereocenters. The van der Waals surface area contributed by atoms with Crippen LogP contribution in [-0.2, 0) is 0 Å². The van der Waals surface area contributed by atoms with Crippen molar-refractivity contribution in [3.8, 4) is 5.75 Å². The average Bonchev–Trinajstić information content (AvgIpc) is 2.20. The summed E-state index contributed by atoms with van der Waals surface area (Å²) in [5, 5.41) is 8.63. The number of aryl methyl sites for hydroxylation is 1. The van der Waals surface area contributed by atoms with Crippen molar-refractivity contribution in [2.45, 2.75) is 13.3 Å². The molecule has 0 fully saturated rings. The molecule has 0 heterocycles. The zero-order valence-corrected chi connectivity index (χ0v) is 8.66. The van der Waals surface area contributed by atoms with Crippen molar-refractivity contribution >= 4 is 6.08 Å². The van der Waals surface area contributed by atoms with Crippen molar-refractivity contribution in [3.63, 3.8) is 0 Å². The van der Waals surface area contributed by atoms with E-state index in [2.05, 4.69) is 0 Å². The van der Waals surface area contributed by atoms with Gasteiger partial charge in [-0.2, -0.15) is 0 Å². The molecule has 0 aliphatic heterocycles. The maximum absolute atomic E-state index is 8.63. The molecule has 1 N–H and O–H groups in total. The van der Waals surface area contributed by atoms with Crippen molar-refractivity contribution in [1.29, 1.82) is 0 Å². The van der Waals surface area contributed by atoms with Gasteiger partial charge in [0.05, 0.1) is 7.11 Å². The first kappa shape index (κ1) is 10.8. The number of aliphatic hydroxyl groups is 1. The first-order valence-corrected chi connectivity index (χ1v) is 4.70. The van der Waals surface area contributed by atoms with Crippen LogP contribution in [0.25, 0.3) is 6.08 Å². The highest BCUT2D eigenvalue weighted by molar-refractivity contribution is 5.58. The lowest BCUT2D eigenvalue weighted by Gasteiger charge is -2.05. The Kier molecular flexibility index (Phi) is 4.20. The second-order valence-electron chi connectivity index (χ2n) is 3.16. The number of rotatable bonds is 4. The van der Waals surface area contributed by atoms with E-state index in [-0.39, 0.29) is 6.61 Å². The van der Waals surface area contributed by atoms with Crippen LogP contribution in [0.5, 0.6) is 5.75 Å². The van der Waals surface area contributed by atoms with E-state index < -0.39 is 0 Å². The summed E-state index contributed by atoms with van der Waals surface area (Å²) in [4.78, 5) is 0. The Bertz CT molecular complexity index is 316. The molecule has 0 aliphatic rings. The van der Waals surface area contributed by atoms with Crippen molar-refractivity contribution < 1.29 is 9.84 Å². The Balaban J connectivity index is 2.85. The fraction of sp³-hybridized carbons (Fsp3) is 0.333. The van der Waals surface area contributed by atoms with Gasteiger partial charge in [0.2, 0.25) is 0 Å². The summed E-state index contributed by atoms with van der Waals surface area (Å²) < 4.78 is 5.24. The number of methoxy groups -OCH3 is 1. The van der Waals surface area contributed by atoms with Crippen LogP contribution in [0.3, 0.4) is 0 Å². The largest absolute Gasteiger partial charge is 0.496 e. The lowest BCUT2D eigenvalue weighted by atomic mass is 10.1. The molecule has 0 amide bonds. The Labute approximate surface area is 84.8 Å². The fourth-order valence-corrected chi connectivity index (χ4v) is 1.24. The number of aliphatic hydroxyl groups excluding tert-OH is 1. The van der Waals surface area contributed by atoms with Crippen molar-refractivity contribution in [2.24, 2.45) is 0 Å². The molecule has 2 heteroatoms. The van der Waals surface area contributed by atoms with Crippen LogP contribution in [0.2, 0.25) is 0 Å². The monoisotopic (exact) mass is 192 g/mol. The first-order valence-electron chi connectivity index (χ1n) is 4.70. The van der Waals surface area contributed by atoms with Gasteiger partial charge in [-0.05, 0) is 25.0 Å². The average molecular weight is 192 g/mol. The van der Waals surface area contributed by atoms with E-state index in [1.54, 1.807) is 7.11 Å². The lowest BCUT2D eigenvalue weighted by Crippen LogP contribution is -1.87. The Morgan fingerprint density at radius 1 is 1.43 bits per heavy atom. The van der Waals surface area contributed by atoms with Crippen LogP contribution in [0, 0.1) is 6.92 Å². The summed E-state index contributed by atoms with van der Waals surface area (Å²) in [6.45, 7) is 2.22.